The van der Waals surface area contributed by atoms with E-state index in [1.807, 2.05) is 0 Å². The lowest BCUT2D eigenvalue weighted by Crippen LogP contribution is -2.43. The Morgan fingerprint density at radius 3 is 2.50 bits per heavy atom. The van der Waals surface area contributed by atoms with Crippen LogP contribution in [0.4, 0.5) is 5.69 Å². The molecule has 0 radical (unpaired) electrons. The topological polar surface area (TPSA) is 67.9 Å². The van der Waals surface area contributed by atoms with Crippen LogP contribution in [0.15, 0.2) is 24.3 Å². The summed E-state index contributed by atoms with van der Waals surface area (Å²) in [5.41, 5.74) is 1.27. The first-order valence-corrected chi connectivity index (χ1v) is 6.48. The van der Waals surface area contributed by atoms with E-state index in [2.05, 4.69) is 10.1 Å². The van der Waals surface area contributed by atoms with Crippen molar-refractivity contribution >= 4 is 17.6 Å². The Labute approximate surface area is 117 Å². The van der Waals surface area contributed by atoms with Gasteiger partial charge in [-0.25, -0.2) is 4.79 Å². The van der Waals surface area contributed by atoms with Crippen LogP contribution in [0.3, 0.4) is 0 Å². The Morgan fingerprint density at radius 1 is 1.25 bits per heavy atom. The van der Waals surface area contributed by atoms with Gasteiger partial charge in [0.05, 0.1) is 32.4 Å². The smallest absolute Gasteiger partial charge is 0.337 e. The van der Waals surface area contributed by atoms with E-state index in [1.54, 1.807) is 29.2 Å². The van der Waals surface area contributed by atoms with Gasteiger partial charge in [0.1, 0.15) is 0 Å². The van der Waals surface area contributed by atoms with Crippen LogP contribution in [-0.2, 0) is 14.3 Å². The number of ether oxygens (including phenoxy) is 2. The zero-order chi connectivity index (χ0) is 14.4. The van der Waals surface area contributed by atoms with Crippen molar-refractivity contribution in [2.45, 2.75) is 0 Å². The van der Waals surface area contributed by atoms with Crippen LogP contribution in [0, 0.1) is 0 Å². The Hall–Kier alpha value is -2.08. The normalized spacial score (nSPS) is 14.8. The molecule has 1 N–H and O–H groups in total. The summed E-state index contributed by atoms with van der Waals surface area (Å²) in [6.45, 7) is 2.71. The summed E-state index contributed by atoms with van der Waals surface area (Å²) in [7, 11) is 1.34. The number of methoxy groups -OCH3 is 1. The van der Waals surface area contributed by atoms with E-state index in [-0.39, 0.29) is 18.4 Å². The number of benzene rings is 1. The molecule has 1 saturated heterocycles. The number of amides is 1. The van der Waals surface area contributed by atoms with Crippen molar-refractivity contribution in [3.63, 3.8) is 0 Å². The number of nitrogens with zero attached hydrogens (tertiary/aromatic N) is 1. The summed E-state index contributed by atoms with van der Waals surface area (Å²) in [5.74, 6) is -0.328. The fourth-order valence-electron chi connectivity index (χ4n) is 1.94. The first kappa shape index (κ1) is 14.3. The number of carbonyl (C=O) groups excluding carboxylic acids is 2. The third kappa shape index (κ3) is 3.71. The van der Waals surface area contributed by atoms with Crippen LogP contribution in [0.1, 0.15) is 10.4 Å². The van der Waals surface area contributed by atoms with Gasteiger partial charge in [-0.15, -0.1) is 0 Å². The molecule has 1 aromatic rings. The molecule has 2 rings (SSSR count). The molecule has 0 aromatic heterocycles. The Balaban J connectivity index is 1.84. The number of esters is 1. The predicted molar refractivity (Wildman–Crippen MR) is 73.7 cm³/mol. The highest BCUT2D eigenvalue weighted by atomic mass is 16.5. The molecule has 6 heteroatoms. The molecule has 1 aliphatic heterocycles. The molecule has 0 unspecified atom stereocenters. The fraction of sp³-hybridized carbons (Fsp3) is 0.429. The number of nitrogens with one attached hydrogen (secondary N) is 1. The van der Waals surface area contributed by atoms with Gasteiger partial charge in [0.25, 0.3) is 0 Å². The quantitative estimate of drug-likeness (QED) is 0.823. The second-order valence-electron chi connectivity index (χ2n) is 4.42. The van der Waals surface area contributed by atoms with E-state index in [1.165, 1.54) is 7.11 Å². The van der Waals surface area contributed by atoms with Gasteiger partial charge in [-0.3, -0.25) is 4.79 Å². The van der Waals surface area contributed by atoms with Gasteiger partial charge in [-0.2, -0.15) is 0 Å². The van der Waals surface area contributed by atoms with Crippen molar-refractivity contribution in [1.29, 1.82) is 0 Å². The predicted octanol–water partition coefficient (Wildman–Crippen LogP) is 0.744. The molecule has 1 aromatic carbocycles. The molecule has 0 bridgehead atoms. The minimum absolute atomic E-state index is 0.0466. The standard InChI is InChI=1S/C14H18N2O4/c1-19-14(18)11-2-4-12(5-3-11)15-10-13(17)16-6-8-20-9-7-16/h2-5,15H,6-10H2,1H3. The maximum atomic E-state index is 11.9. The van der Waals surface area contributed by atoms with E-state index in [0.29, 0.717) is 31.9 Å². The minimum atomic E-state index is -0.374. The van der Waals surface area contributed by atoms with E-state index in [0.717, 1.165) is 5.69 Å². The number of rotatable bonds is 4. The molecule has 1 amide bonds. The number of hydrogen-bond donors (Lipinski definition) is 1. The van der Waals surface area contributed by atoms with Crippen molar-refractivity contribution in [3.05, 3.63) is 29.8 Å². The van der Waals surface area contributed by atoms with E-state index >= 15 is 0 Å². The first-order valence-electron chi connectivity index (χ1n) is 6.48. The lowest BCUT2D eigenvalue weighted by Gasteiger charge is -2.27. The Kier molecular flexibility index (Phi) is 4.95. The van der Waals surface area contributed by atoms with Crippen LogP contribution >= 0.6 is 0 Å². The molecule has 108 valence electrons. The van der Waals surface area contributed by atoms with E-state index < -0.39 is 0 Å². The fourth-order valence-corrected chi connectivity index (χ4v) is 1.94. The lowest BCUT2D eigenvalue weighted by molar-refractivity contribution is -0.133. The van der Waals surface area contributed by atoms with Crippen LogP contribution in [0.2, 0.25) is 0 Å². The number of carbonyl (C=O) groups is 2. The highest BCUT2D eigenvalue weighted by Crippen LogP contribution is 2.10. The van der Waals surface area contributed by atoms with Crippen LogP contribution in [0.5, 0.6) is 0 Å². The zero-order valence-corrected chi connectivity index (χ0v) is 11.4. The van der Waals surface area contributed by atoms with Gasteiger partial charge in [-0.05, 0) is 24.3 Å². The molecule has 20 heavy (non-hydrogen) atoms. The van der Waals surface area contributed by atoms with Gasteiger partial charge in [0.2, 0.25) is 5.91 Å². The summed E-state index contributed by atoms with van der Waals surface area (Å²) in [4.78, 5) is 25.0. The molecule has 0 aliphatic carbocycles. The second kappa shape index (κ2) is 6.91. The van der Waals surface area contributed by atoms with Crippen molar-refractivity contribution in [2.75, 3.05) is 45.3 Å². The third-order valence-corrected chi connectivity index (χ3v) is 3.11. The maximum absolute atomic E-state index is 11.9. The highest BCUT2D eigenvalue weighted by molar-refractivity contribution is 5.89. The molecule has 1 heterocycles. The van der Waals surface area contributed by atoms with Gasteiger partial charge in [0.15, 0.2) is 0 Å². The lowest BCUT2D eigenvalue weighted by atomic mass is 10.2. The summed E-state index contributed by atoms with van der Waals surface area (Å²) in [6, 6.07) is 6.82. The maximum Gasteiger partial charge on any atom is 0.337 e. The summed E-state index contributed by atoms with van der Waals surface area (Å²) < 4.78 is 9.82. The van der Waals surface area contributed by atoms with Gasteiger partial charge < -0.3 is 19.7 Å². The SMILES string of the molecule is COC(=O)c1ccc(NCC(=O)N2CCOCC2)cc1. The summed E-state index contributed by atoms with van der Waals surface area (Å²) >= 11 is 0. The van der Waals surface area contributed by atoms with Crippen molar-refractivity contribution in [3.8, 4) is 0 Å². The average Bonchev–Trinajstić information content (AvgIpc) is 2.53. The van der Waals surface area contributed by atoms with Crippen LogP contribution in [-0.4, -0.2) is 56.7 Å². The Morgan fingerprint density at radius 2 is 1.90 bits per heavy atom. The molecular formula is C14H18N2O4. The zero-order valence-electron chi connectivity index (χ0n) is 11.4. The minimum Gasteiger partial charge on any atom is -0.465 e. The second-order valence-corrected chi connectivity index (χ2v) is 4.42. The molecule has 0 atom stereocenters. The average molecular weight is 278 g/mol. The summed E-state index contributed by atoms with van der Waals surface area (Å²) in [5, 5.41) is 3.04. The summed E-state index contributed by atoms with van der Waals surface area (Å²) in [6.07, 6.45) is 0. The van der Waals surface area contributed by atoms with Gasteiger partial charge >= 0.3 is 5.97 Å². The molecular weight excluding hydrogens is 260 g/mol. The van der Waals surface area contributed by atoms with Crippen LogP contribution in [0.25, 0.3) is 0 Å². The van der Waals surface area contributed by atoms with Crippen molar-refractivity contribution in [1.82, 2.24) is 4.90 Å². The molecule has 1 aliphatic rings. The molecule has 0 spiro atoms. The van der Waals surface area contributed by atoms with Crippen molar-refractivity contribution in [2.24, 2.45) is 0 Å². The van der Waals surface area contributed by atoms with E-state index in [9.17, 15) is 9.59 Å². The number of hydrogen-bond acceptors (Lipinski definition) is 5. The van der Waals surface area contributed by atoms with E-state index in [4.69, 9.17) is 4.74 Å². The number of anilines is 1. The molecule has 0 saturated carbocycles. The Bertz CT molecular complexity index is 467. The van der Waals surface area contributed by atoms with Gasteiger partial charge in [-0.1, -0.05) is 0 Å². The third-order valence-electron chi connectivity index (χ3n) is 3.11. The first-order chi connectivity index (χ1) is 9.70. The monoisotopic (exact) mass is 278 g/mol. The molecule has 1 fully saturated rings. The largest absolute Gasteiger partial charge is 0.465 e. The van der Waals surface area contributed by atoms with Crippen molar-refractivity contribution < 1.29 is 19.1 Å². The molecule has 6 nitrogen and oxygen atoms in total. The van der Waals surface area contributed by atoms with Crippen LogP contribution < -0.4 is 5.32 Å². The number of morpholine rings is 1. The highest BCUT2D eigenvalue weighted by Gasteiger charge is 2.16. The van der Waals surface area contributed by atoms with Gasteiger partial charge in [0, 0.05) is 18.8 Å².